The number of rotatable bonds is 8. The Morgan fingerprint density at radius 1 is 1.38 bits per heavy atom. The summed E-state index contributed by atoms with van der Waals surface area (Å²) in [7, 11) is 1.61. The van der Waals surface area contributed by atoms with E-state index in [1.807, 2.05) is 13.0 Å². The van der Waals surface area contributed by atoms with Crippen molar-refractivity contribution in [2.24, 2.45) is 10.7 Å². The summed E-state index contributed by atoms with van der Waals surface area (Å²) in [5.41, 5.74) is 6.57. The van der Waals surface area contributed by atoms with Gasteiger partial charge in [-0.25, -0.2) is 13.8 Å². The van der Waals surface area contributed by atoms with Crippen molar-refractivity contribution in [1.82, 2.24) is 5.32 Å². The normalized spacial score (nSPS) is 13.3. The number of benzene rings is 1. The highest BCUT2D eigenvalue weighted by molar-refractivity contribution is 5.78. The maximum Gasteiger partial charge on any atom is 0.272 e. The molecule has 7 heteroatoms. The topological polar surface area (TPSA) is 68.9 Å². The predicted molar refractivity (Wildman–Crippen MR) is 77.7 cm³/mol. The molecule has 0 aliphatic heterocycles. The largest absolute Gasteiger partial charge is 0.488 e. The molecule has 1 aromatic rings. The van der Waals surface area contributed by atoms with E-state index in [1.165, 1.54) is 0 Å². The van der Waals surface area contributed by atoms with Gasteiger partial charge in [-0.05, 0) is 24.6 Å². The van der Waals surface area contributed by atoms with Gasteiger partial charge >= 0.3 is 0 Å². The number of methoxy groups -OCH3 is 1. The highest BCUT2D eigenvalue weighted by atomic mass is 19.3. The number of guanidine groups is 1. The van der Waals surface area contributed by atoms with Crippen LogP contribution in [0.15, 0.2) is 29.3 Å². The predicted octanol–water partition coefficient (Wildman–Crippen LogP) is 1.77. The lowest BCUT2D eigenvalue weighted by molar-refractivity contribution is 0.0818. The number of hydrogen-bond donors (Lipinski definition) is 2. The second-order valence-electron chi connectivity index (χ2n) is 4.55. The van der Waals surface area contributed by atoms with Crippen LogP contribution in [0.25, 0.3) is 0 Å². The molecule has 0 aliphatic rings. The fourth-order valence-corrected chi connectivity index (χ4v) is 1.66. The number of aliphatic imine (C=N–C) groups is 1. The van der Waals surface area contributed by atoms with Crippen LogP contribution < -0.4 is 15.8 Å². The summed E-state index contributed by atoms with van der Waals surface area (Å²) >= 11 is 0. The molecule has 3 N–H and O–H groups in total. The van der Waals surface area contributed by atoms with Gasteiger partial charge in [-0.1, -0.05) is 12.1 Å². The zero-order valence-electron chi connectivity index (χ0n) is 12.2. The molecular formula is C14H21F2N3O2. The van der Waals surface area contributed by atoms with Crippen LogP contribution >= 0.6 is 0 Å². The molecule has 5 nitrogen and oxygen atoms in total. The van der Waals surface area contributed by atoms with Gasteiger partial charge in [0.25, 0.3) is 6.43 Å². The van der Waals surface area contributed by atoms with E-state index in [9.17, 15) is 8.78 Å². The monoisotopic (exact) mass is 301 g/mol. The van der Waals surface area contributed by atoms with E-state index >= 15 is 0 Å². The molecule has 0 saturated heterocycles. The standard InChI is InChI=1S/C14H21F2N3O2/c1-10(8-20-2)19-14(17)18-7-11-4-3-5-12(6-11)21-9-13(15)16/h3-6,10,13H,7-9H2,1-2H3,(H3,17,18,19). The molecular weight excluding hydrogens is 280 g/mol. The first-order chi connectivity index (χ1) is 10.0. The van der Waals surface area contributed by atoms with Crippen molar-refractivity contribution in [3.05, 3.63) is 29.8 Å². The maximum atomic E-state index is 12.1. The van der Waals surface area contributed by atoms with Crippen molar-refractivity contribution in [2.45, 2.75) is 25.9 Å². The molecule has 21 heavy (non-hydrogen) atoms. The number of nitrogens with one attached hydrogen (secondary N) is 1. The van der Waals surface area contributed by atoms with Crippen molar-refractivity contribution < 1.29 is 18.3 Å². The fourth-order valence-electron chi connectivity index (χ4n) is 1.66. The van der Waals surface area contributed by atoms with E-state index in [0.717, 1.165) is 5.56 Å². The Balaban J connectivity index is 2.52. The van der Waals surface area contributed by atoms with Gasteiger partial charge in [-0.15, -0.1) is 0 Å². The number of ether oxygens (including phenoxy) is 2. The number of halogens is 2. The van der Waals surface area contributed by atoms with Crippen LogP contribution in [0.2, 0.25) is 0 Å². The molecule has 0 bridgehead atoms. The number of alkyl halides is 2. The van der Waals surface area contributed by atoms with Gasteiger partial charge < -0.3 is 20.5 Å². The average molecular weight is 301 g/mol. The third-order valence-electron chi connectivity index (χ3n) is 2.52. The smallest absolute Gasteiger partial charge is 0.272 e. The van der Waals surface area contributed by atoms with Crippen molar-refractivity contribution in [1.29, 1.82) is 0 Å². The summed E-state index contributed by atoms with van der Waals surface area (Å²) in [6.45, 7) is 2.16. The first kappa shape index (κ1) is 17.2. The highest BCUT2D eigenvalue weighted by Gasteiger charge is 2.04. The average Bonchev–Trinajstić information content (AvgIpc) is 2.43. The molecule has 0 spiro atoms. The molecule has 0 saturated carbocycles. The minimum absolute atomic E-state index is 0.0551. The fraction of sp³-hybridized carbons (Fsp3) is 0.500. The van der Waals surface area contributed by atoms with Crippen LogP contribution in [0.5, 0.6) is 5.75 Å². The summed E-state index contributed by atoms with van der Waals surface area (Å²) in [5.74, 6) is 0.695. The Hall–Kier alpha value is -1.89. The zero-order valence-corrected chi connectivity index (χ0v) is 12.2. The highest BCUT2D eigenvalue weighted by Crippen LogP contribution is 2.14. The molecule has 0 amide bonds. The van der Waals surface area contributed by atoms with Gasteiger partial charge in [-0.3, -0.25) is 0 Å². The van der Waals surface area contributed by atoms with Gasteiger partial charge in [-0.2, -0.15) is 0 Å². The molecule has 118 valence electrons. The molecule has 0 heterocycles. The number of nitrogens with two attached hydrogens (primary N) is 1. The summed E-state index contributed by atoms with van der Waals surface area (Å²) in [6, 6.07) is 6.89. The van der Waals surface area contributed by atoms with E-state index in [2.05, 4.69) is 10.3 Å². The maximum absolute atomic E-state index is 12.1. The quantitative estimate of drug-likeness (QED) is 0.567. The second-order valence-corrected chi connectivity index (χ2v) is 4.55. The third kappa shape index (κ3) is 7.45. The molecule has 1 rings (SSSR count). The van der Waals surface area contributed by atoms with Crippen molar-refractivity contribution in [2.75, 3.05) is 20.3 Å². The second kappa shape index (κ2) is 9.12. The molecule has 0 fully saturated rings. The SMILES string of the molecule is COCC(C)NC(N)=NCc1cccc(OCC(F)F)c1. The van der Waals surface area contributed by atoms with E-state index in [4.69, 9.17) is 15.2 Å². The van der Waals surface area contributed by atoms with Crippen LogP contribution in [0.3, 0.4) is 0 Å². The van der Waals surface area contributed by atoms with Crippen molar-refractivity contribution >= 4 is 5.96 Å². The molecule has 1 unspecified atom stereocenters. The summed E-state index contributed by atoms with van der Waals surface area (Å²) in [6.07, 6.45) is -2.49. The Bertz CT molecular complexity index is 456. The van der Waals surface area contributed by atoms with Crippen molar-refractivity contribution in [3.63, 3.8) is 0 Å². The van der Waals surface area contributed by atoms with E-state index < -0.39 is 13.0 Å². The molecule has 0 aliphatic carbocycles. The lowest BCUT2D eigenvalue weighted by Gasteiger charge is -2.13. The van der Waals surface area contributed by atoms with E-state index in [1.54, 1.807) is 25.3 Å². The van der Waals surface area contributed by atoms with Crippen LogP contribution in [0.4, 0.5) is 8.78 Å². The minimum Gasteiger partial charge on any atom is -0.488 e. The Labute approximate surface area is 123 Å². The number of nitrogens with zero attached hydrogens (tertiary/aromatic N) is 1. The lowest BCUT2D eigenvalue weighted by Crippen LogP contribution is -2.40. The molecule has 0 radical (unpaired) electrons. The third-order valence-corrected chi connectivity index (χ3v) is 2.52. The van der Waals surface area contributed by atoms with Crippen LogP contribution in [0, 0.1) is 0 Å². The van der Waals surface area contributed by atoms with Gasteiger partial charge in [0.1, 0.15) is 12.4 Å². The lowest BCUT2D eigenvalue weighted by atomic mass is 10.2. The Kier molecular flexibility index (Phi) is 7.45. The first-order valence-corrected chi connectivity index (χ1v) is 6.56. The summed E-state index contributed by atoms with van der Waals surface area (Å²) < 4.78 is 34.1. The Morgan fingerprint density at radius 3 is 2.81 bits per heavy atom. The first-order valence-electron chi connectivity index (χ1n) is 6.56. The minimum atomic E-state index is -2.49. The molecule has 1 atom stereocenters. The van der Waals surface area contributed by atoms with Gasteiger partial charge in [0.15, 0.2) is 5.96 Å². The van der Waals surface area contributed by atoms with E-state index in [0.29, 0.717) is 24.9 Å². The van der Waals surface area contributed by atoms with Crippen LogP contribution in [-0.2, 0) is 11.3 Å². The van der Waals surface area contributed by atoms with Gasteiger partial charge in [0, 0.05) is 13.2 Å². The molecule has 0 aromatic heterocycles. The van der Waals surface area contributed by atoms with E-state index in [-0.39, 0.29) is 6.04 Å². The Morgan fingerprint density at radius 2 is 2.14 bits per heavy atom. The van der Waals surface area contributed by atoms with Crippen LogP contribution in [-0.4, -0.2) is 38.8 Å². The van der Waals surface area contributed by atoms with Gasteiger partial charge in [0.05, 0.1) is 13.2 Å². The van der Waals surface area contributed by atoms with Crippen LogP contribution in [0.1, 0.15) is 12.5 Å². The molecule has 1 aromatic carbocycles. The number of hydrogen-bond acceptors (Lipinski definition) is 3. The summed E-state index contributed by atoms with van der Waals surface area (Å²) in [4.78, 5) is 4.18. The van der Waals surface area contributed by atoms with Gasteiger partial charge in [0.2, 0.25) is 0 Å². The van der Waals surface area contributed by atoms with Crippen molar-refractivity contribution in [3.8, 4) is 5.75 Å². The summed E-state index contributed by atoms with van der Waals surface area (Å²) in [5, 5.41) is 2.98. The zero-order chi connectivity index (χ0) is 15.7.